The van der Waals surface area contributed by atoms with Crippen LogP contribution < -0.4 is 10.6 Å². The van der Waals surface area contributed by atoms with E-state index < -0.39 is 0 Å². The largest absolute Gasteiger partial charge is 0.459 e. The molecule has 168 valence electrons. The quantitative estimate of drug-likeness (QED) is 0.722. The maximum atomic E-state index is 12.4. The van der Waals surface area contributed by atoms with Crippen LogP contribution in [0.2, 0.25) is 5.02 Å². The molecule has 31 heavy (non-hydrogen) atoms. The van der Waals surface area contributed by atoms with Gasteiger partial charge in [0, 0.05) is 50.8 Å². The maximum Gasteiger partial charge on any atom is 0.319 e. The van der Waals surface area contributed by atoms with E-state index in [4.69, 9.17) is 20.8 Å². The molecule has 1 aromatic heterocycles. The van der Waals surface area contributed by atoms with Gasteiger partial charge in [-0.15, -0.1) is 0 Å². The number of fused-ring (bicyclic) bond motifs is 4. The zero-order valence-electron chi connectivity index (χ0n) is 18.1. The molecule has 1 aromatic carbocycles. The summed E-state index contributed by atoms with van der Waals surface area (Å²) in [5.74, 6) is 0.952. The Morgan fingerprint density at radius 1 is 1.13 bits per heavy atom. The zero-order valence-corrected chi connectivity index (χ0v) is 18.9. The highest BCUT2D eigenvalue weighted by atomic mass is 35.5. The van der Waals surface area contributed by atoms with Crippen molar-refractivity contribution in [3.05, 3.63) is 28.5 Å². The van der Waals surface area contributed by atoms with Crippen LogP contribution in [0.3, 0.4) is 0 Å². The number of urea groups is 1. The van der Waals surface area contributed by atoms with Gasteiger partial charge in [-0.05, 0) is 25.0 Å². The molecule has 8 heteroatoms. The Bertz CT molecular complexity index is 961. The van der Waals surface area contributed by atoms with Gasteiger partial charge in [-0.2, -0.15) is 0 Å². The Labute approximate surface area is 188 Å². The fraction of sp³-hybridized carbons (Fsp3) is 0.609. The molecule has 1 spiro atoms. The molecule has 3 aliphatic rings. The molecule has 0 bridgehead atoms. The summed E-state index contributed by atoms with van der Waals surface area (Å²) in [5, 5.41) is 7.76. The summed E-state index contributed by atoms with van der Waals surface area (Å²) in [6.45, 7) is 6.67. The lowest BCUT2D eigenvalue weighted by Gasteiger charge is -2.42. The lowest BCUT2D eigenvalue weighted by atomic mass is 9.74. The number of furan rings is 1. The number of hydrogen-bond donors (Lipinski definition) is 2. The molecule has 1 saturated heterocycles. The number of anilines is 1. The standard InChI is InChI=1S/C23H31ClN4O3/c1-30-12-11-27-7-9-28(10-8-27)15-17-13-16-14-18(24)20-19(21(16)31-17)23(26-22(29)25-20)5-3-2-4-6-23/h13-14H,2-12,15H2,1H3,(H2,25,26,29). The van der Waals surface area contributed by atoms with Crippen LogP contribution in [0.4, 0.5) is 10.5 Å². The van der Waals surface area contributed by atoms with Crippen LogP contribution in [-0.4, -0.2) is 62.3 Å². The summed E-state index contributed by atoms with van der Waals surface area (Å²) in [6, 6.07) is 3.87. The van der Waals surface area contributed by atoms with Crippen LogP contribution in [0.5, 0.6) is 0 Å². The van der Waals surface area contributed by atoms with E-state index in [9.17, 15) is 4.79 Å². The van der Waals surface area contributed by atoms with Crippen LogP contribution in [-0.2, 0) is 16.8 Å². The molecule has 0 unspecified atom stereocenters. The van der Waals surface area contributed by atoms with E-state index >= 15 is 0 Å². The zero-order chi connectivity index (χ0) is 21.4. The van der Waals surface area contributed by atoms with E-state index in [-0.39, 0.29) is 11.6 Å². The summed E-state index contributed by atoms with van der Waals surface area (Å²) >= 11 is 6.64. The first-order valence-corrected chi connectivity index (χ1v) is 11.7. The molecule has 0 atom stereocenters. The van der Waals surface area contributed by atoms with Crippen molar-refractivity contribution < 1.29 is 13.9 Å². The number of amides is 2. The maximum absolute atomic E-state index is 12.4. The van der Waals surface area contributed by atoms with Crippen molar-refractivity contribution in [2.75, 3.05) is 51.8 Å². The molecule has 2 amide bonds. The minimum atomic E-state index is -0.388. The molecule has 0 radical (unpaired) electrons. The highest BCUT2D eigenvalue weighted by Gasteiger charge is 2.43. The highest BCUT2D eigenvalue weighted by molar-refractivity contribution is 6.35. The molecule has 1 aliphatic carbocycles. The van der Waals surface area contributed by atoms with Gasteiger partial charge in [-0.25, -0.2) is 4.79 Å². The average molecular weight is 447 g/mol. The Morgan fingerprint density at radius 2 is 1.87 bits per heavy atom. The van der Waals surface area contributed by atoms with Crippen molar-refractivity contribution in [1.29, 1.82) is 0 Å². The van der Waals surface area contributed by atoms with Crippen molar-refractivity contribution >= 4 is 34.3 Å². The molecule has 2 fully saturated rings. The number of carbonyl (C=O) groups is 1. The van der Waals surface area contributed by atoms with Crippen molar-refractivity contribution in [1.82, 2.24) is 15.1 Å². The van der Waals surface area contributed by atoms with Gasteiger partial charge >= 0.3 is 6.03 Å². The second kappa shape index (κ2) is 8.62. The van der Waals surface area contributed by atoms with Gasteiger partial charge in [0.1, 0.15) is 11.3 Å². The number of ether oxygens (including phenoxy) is 1. The van der Waals surface area contributed by atoms with Crippen molar-refractivity contribution in [3.63, 3.8) is 0 Å². The molecule has 5 rings (SSSR count). The van der Waals surface area contributed by atoms with E-state index in [1.54, 1.807) is 7.11 Å². The highest BCUT2D eigenvalue weighted by Crippen LogP contribution is 2.49. The van der Waals surface area contributed by atoms with Crippen LogP contribution in [0.25, 0.3) is 11.0 Å². The molecule has 1 saturated carbocycles. The summed E-state index contributed by atoms with van der Waals surface area (Å²) in [5.41, 5.74) is 2.22. The molecule has 2 aromatic rings. The predicted molar refractivity (Wildman–Crippen MR) is 122 cm³/mol. The minimum Gasteiger partial charge on any atom is -0.459 e. The van der Waals surface area contributed by atoms with Crippen LogP contribution in [0, 0.1) is 0 Å². The van der Waals surface area contributed by atoms with Gasteiger partial charge < -0.3 is 19.8 Å². The number of hydrogen-bond acceptors (Lipinski definition) is 5. The average Bonchev–Trinajstić information content (AvgIpc) is 3.15. The third kappa shape index (κ3) is 4.04. The normalized spacial score (nSPS) is 21.8. The number of benzene rings is 1. The number of methoxy groups -OCH3 is 1. The fourth-order valence-corrected chi connectivity index (χ4v) is 5.69. The van der Waals surface area contributed by atoms with E-state index in [1.165, 1.54) is 6.42 Å². The van der Waals surface area contributed by atoms with E-state index in [0.717, 1.165) is 93.9 Å². The van der Waals surface area contributed by atoms with Crippen molar-refractivity contribution in [2.24, 2.45) is 0 Å². The molecule has 3 heterocycles. The van der Waals surface area contributed by atoms with Gasteiger partial charge in [0.15, 0.2) is 0 Å². The van der Waals surface area contributed by atoms with E-state index in [2.05, 4.69) is 26.5 Å². The van der Waals surface area contributed by atoms with E-state index in [1.807, 2.05) is 6.07 Å². The molecule has 7 nitrogen and oxygen atoms in total. The molecular weight excluding hydrogens is 416 g/mol. The summed E-state index contributed by atoms with van der Waals surface area (Å²) in [4.78, 5) is 17.3. The third-order valence-corrected chi connectivity index (χ3v) is 7.34. The summed E-state index contributed by atoms with van der Waals surface area (Å²) < 4.78 is 11.7. The first kappa shape index (κ1) is 21.1. The first-order valence-electron chi connectivity index (χ1n) is 11.4. The lowest BCUT2D eigenvalue weighted by molar-refractivity contribution is 0.0907. The van der Waals surface area contributed by atoms with Crippen molar-refractivity contribution in [2.45, 2.75) is 44.2 Å². The summed E-state index contributed by atoms with van der Waals surface area (Å²) in [6.07, 6.45) is 5.22. The van der Waals surface area contributed by atoms with Crippen molar-refractivity contribution in [3.8, 4) is 0 Å². The topological polar surface area (TPSA) is 70.0 Å². The Morgan fingerprint density at radius 3 is 2.61 bits per heavy atom. The fourth-order valence-electron chi connectivity index (χ4n) is 5.43. The Balaban J connectivity index is 1.42. The number of rotatable bonds is 5. The SMILES string of the molecule is COCCN1CCN(Cc2cc3cc(Cl)c4c(c3o2)C2(CCCCC2)NC(=O)N4)CC1. The summed E-state index contributed by atoms with van der Waals surface area (Å²) in [7, 11) is 1.75. The Kier molecular flexibility index (Phi) is 5.86. The monoisotopic (exact) mass is 446 g/mol. The van der Waals surface area contributed by atoms with Gasteiger partial charge in [0.25, 0.3) is 0 Å². The van der Waals surface area contributed by atoms with E-state index in [0.29, 0.717) is 10.7 Å². The lowest BCUT2D eigenvalue weighted by Crippen LogP contribution is -2.52. The number of halogens is 1. The minimum absolute atomic E-state index is 0.172. The molecule has 2 aliphatic heterocycles. The third-order valence-electron chi connectivity index (χ3n) is 7.04. The number of carbonyl (C=O) groups excluding carboxylic acids is 1. The van der Waals surface area contributed by atoms with Gasteiger partial charge in [0.05, 0.1) is 29.4 Å². The van der Waals surface area contributed by atoms with Gasteiger partial charge in [0.2, 0.25) is 0 Å². The number of piperazine rings is 1. The van der Waals surface area contributed by atoms with Crippen LogP contribution >= 0.6 is 11.6 Å². The number of nitrogens with zero attached hydrogens (tertiary/aromatic N) is 2. The van der Waals surface area contributed by atoms with Crippen LogP contribution in [0.1, 0.15) is 43.4 Å². The molecular formula is C23H31ClN4O3. The second-order valence-corrected chi connectivity index (χ2v) is 9.48. The van der Waals surface area contributed by atoms with Gasteiger partial charge in [-0.1, -0.05) is 30.9 Å². The predicted octanol–water partition coefficient (Wildman–Crippen LogP) is 4.14. The van der Waals surface area contributed by atoms with Crippen LogP contribution in [0.15, 0.2) is 16.5 Å². The number of nitrogens with one attached hydrogen (secondary N) is 2. The first-order chi connectivity index (χ1) is 15.1. The smallest absolute Gasteiger partial charge is 0.319 e. The Hall–Kier alpha value is -1.80. The second-order valence-electron chi connectivity index (χ2n) is 9.07. The molecule has 2 N–H and O–H groups in total. The van der Waals surface area contributed by atoms with Gasteiger partial charge in [-0.3, -0.25) is 9.80 Å².